The Labute approximate surface area is 250 Å². The van der Waals surface area contributed by atoms with Crippen LogP contribution in [0.1, 0.15) is 149 Å². The Morgan fingerprint density at radius 2 is 1.22 bits per heavy atom. The molecule has 0 radical (unpaired) electrons. The maximum Gasteiger partial charge on any atom is 0.407 e. The van der Waals surface area contributed by atoms with E-state index in [1.165, 1.54) is 51.4 Å². The van der Waals surface area contributed by atoms with Gasteiger partial charge in [0.15, 0.2) is 0 Å². The van der Waals surface area contributed by atoms with Gasteiger partial charge in [-0.25, -0.2) is 4.79 Å². The van der Waals surface area contributed by atoms with Gasteiger partial charge in [-0.3, -0.25) is 9.11 Å². The first kappa shape index (κ1) is 38.1. The van der Waals surface area contributed by atoms with Crippen LogP contribution in [0.4, 0.5) is 4.79 Å². The molecule has 0 unspecified atom stereocenters. The monoisotopic (exact) mass is 625 g/mol. The van der Waals surface area contributed by atoms with Crippen LogP contribution in [0.5, 0.6) is 0 Å². The van der Waals surface area contributed by atoms with Crippen LogP contribution in [-0.2, 0) is 25.0 Å². The van der Waals surface area contributed by atoms with Crippen molar-refractivity contribution in [1.82, 2.24) is 5.32 Å². The standard InChI is InChI=1S/C30H59NO8S2/c1-4-5-6-7-8-9-10-11-14-23-30(2,3)39-29(32)31-28-21-19-27(20-22-28)26(17-12-15-24-40(33,34)35)18-13-16-25-41(36,37)38/h26-28H,4-25H2,1-3H3,(H,31,32)(H,33,34,35)(H,36,37,38). The van der Waals surface area contributed by atoms with Gasteiger partial charge >= 0.3 is 6.09 Å². The summed E-state index contributed by atoms with van der Waals surface area (Å²) in [4.78, 5) is 12.6. The molecule has 1 fully saturated rings. The predicted octanol–water partition coefficient (Wildman–Crippen LogP) is 7.70. The summed E-state index contributed by atoms with van der Waals surface area (Å²) in [7, 11) is -7.95. The summed E-state index contributed by atoms with van der Waals surface area (Å²) in [6.45, 7) is 6.19. The fourth-order valence-corrected chi connectivity index (χ4v) is 7.23. The third kappa shape index (κ3) is 21.4. The lowest BCUT2D eigenvalue weighted by molar-refractivity contribution is 0.0272. The Bertz CT molecular complexity index is 873. The van der Waals surface area contributed by atoms with E-state index < -0.39 is 25.8 Å². The highest BCUT2D eigenvalue weighted by Gasteiger charge is 2.30. The van der Waals surface area contributed by atoms with Crippen molar-refractivity contribution >= 4 is 26.3 Å². The number of rotatable bonds is 23. The number of hydrogen-bond donors (Lipinski definition) is 3. The fraction of sp³-hybridized carbons (Fsp3) is 0.967. The van der Waals surface area contributed by atoms with Gasteiger partial charge in [0.1, 0.15) is 5.60 Å². The maximum atomic E-state index is 12.6. The van der Waals surface area contributed by atoms with E-state index in [0.717, 1.165) is 51.4 Å². The third-order valence-electron chi connectivity index (χ3n) is 8.47. The normalized spacial score (nSPS) is 18.5. The molecule has 0 aliphatic heterocycles. The molecular weight excluding hydrogens is 566 g/mol. The summed E-state index contributed by atoms with van der Waals surface area (Å²) in [5.41, 5.74) is -0.502. The van der Waals surface area contributed by atoms with Gasteiger partial charge < -0.3 is 10.1 Å². The SMILES string of the molecule is CCCCCCCCCCCC(C)(C)OC(=O)NC1CCC(C(CCCCS(=O)(=O)O)CCCCS(=O)(=O)O)CC1. The zero-order valence-corrected chi connectivity index (χ0v) is 27.6. The quantitative estimate of drug-likeness (QED) is 0.0773. The molecular formula is C30H59NO8S2. The van der Waals surface area contributed by atoms with E-state index in [2.05, 4.69) is 12.2 Å². The Morgan fingerprint density at radius 3 is 1.68 bits per heavy atom. The molecule has 0 saturated heterocycles. The minimum absolute atomic E-state index is 0.0574. The number of ether oxygens (including phenoxy) is 1. The van der Waals surface area contributed by atoms with Crippen molar-refractivity contribution in [2.75, 3.05) is 11.5 Å². The number of carbonyl (C=O) groups is 1. The summed E-state index contributed by atoms with van der Waals surface area (Å²) in [6.07, 6.45) is 19.1. The van der Waals surface area contributed by atoms with Gasteiger partial charge in [-0.15, -0.1) is 0 Å². The molecule has 0 aromatic carbocycles. The van der Waals surface area contributed by atoms with Crippen LogP contribution >= 0.6 is 0 Å². The molecule has 244 valence electrons. The molecule has 0 spiro atoms. The molecule has 41 heavy (non-hydrogen) atoms. The second-order valence-electron chi connectivity index (χ2n) is 12.8. The Kier molecular flexibility index (Phi) is 18.7. The first-order chi connectivity index (χ1) is 19.2. The number of carbonyl (C=O) groups excluding carboxylic acids is 1. The lowest BCUT2D eigenvalue weighted by atomic mass is 9.74. The van der Waals surface area contributed by atoms with Crippen molar-refractivity contribution in [3.63, 3.8) is 0 Å². The first-order valence-corrected chi connectivity index (χ1v) is 19.3. The van der Waals surface area contributed by atoms with Crippen molar-refractivity contribution in [3.05, 3.63) is 0 Å². The lowest BCUT2D eigenvalue weighted by Crippen LogP contribution is -2.42. The van der Waals surface area contributed by atoms with Crippen LogP contribution in [0.25, 0.3) is 0 Å². The maximum absolute atomic E-state index is 12.6. The molecule has 11 heteroatoms. The number of alkyl carbamates (subject to hydrolysis) is 1. The van der Waals surface area contributed by atoms with Crippen molar-refractivity contribution in [1.29, 1.82) is 0 Å². The van der Waals surface area contributed by atoms with Crippen LogP contribution < -0.4 is 5.32 Å². The molecule has 1 amide bonds. The minimum Gasteiger partial charge on any atom is -0.444 e. The van der Waals surface area contributed by atoms with E-state index in [1.54, 1.807) is 0 Å². The smallest absolute Gasteiger partial charge is 0.407 e. The second kappa shape index (κ2) is 20.1. The third-order valence-corrected chi connectivity index (χ3v) is 10.1. The lowest BCUT2D eigenvalue weighted by Gasteiger charge is -2.35. The largest absolute Gasteiger partial charge is 0.444 e. The highest BCUT2D eigenvalue weighted by Crippen LogP contribution is 2.36. The summed E-state index contributed by atoms with van der Waals surface area (Å²) in [6, 6.07) is 0.0574. The Balaban J connectivity index is 2.39. The molecule has 0 aromatic heterocycles. The molecule has 0 bridgehead atoms. The topological polar surface area (TPSA) is 147 Å². The van der Waals surface area contributed by atoms with Crippen LogP contribution in [0.2, 0.25) is 0 Å². The van der Waals surface area contributed by atoms with Crippen molar-refractivity contribution in [3.8, 4) is 0 Å². The number of hydrogen-bond acceptors (Lipinski definition) is 6. The summed E-state index contributed by atoms with van der Waals surface area (Å²) in [5.74, 6) is 0.206. The van der Waals surface area contributed by atoms with Crippen molar-refractivity contribution < 1.29 is 35.5 Å². The highest BCUT2D eigenvalue weighted by atomic mass is 32.2. The van der Waals surface area contributed by atoms with Gasteiger partial charge in [0, 0.05) is 6.04 Å². The molecule has 3 N–H and O–H groups in total. The molecule has 1 aliphatic rings. The van der Waals surface area contributed by atoms with Gasteiger partial charge in [0.05, 0.1) is 11.5 Å². The van der Waals surface area contributed by atoms with E-state index in [1.807, 2.05) is 13.8 Å². The average molecular weight is 626 g/mol. The molecule has 1 saturated carbocycles. The second-order valence-corrected chi connectivity index (χ2v) is 16.0. The molecule has 0 heterocycles. The molecule has 1 aliphatic carbocycles. The Hall–Kier alpha value is -0.910. The summed E-state index contributed by atoms with van der Waals surface area (Å²) >= 11 is 0. The fourth-order valence-electron chi connectivity index (χ4n) is 6.09. The number of unbranched alkanes of at least 4 members (excludes halogenated alkanes) is 10. The summed E-state index contributed by atoms with van der Waals surface area (Å²) < 4.78 is 68.0. The zero-order valence-electron chi connectivity index (χ0n) is 25.9. The van der Waals surface area contributed by atoms with Crippen molar-refractivity contribution in [2.45, 2.75) is 161 Å². The number of nitrogens with one attached hydrogen (secondary N) is 1. The van der Waals surface area contributed by atoms with Crippen LogP contribution in [0.3, 0.4) is 0 Å². The van der Waals surface area contributed by atoms with Crippen LogP contribution in [0.15, 0.2) is 0 Å². The Morgan fingerprint density at radius 1 is 0.756 bits per heavy atom. The average Bonchev–Trinajstić information content (AvgIpc) is 2.85. The zero-order chi connectivity index (χ0) is 30.8. The van der Waals surface area contributed by atoms with E-state index in [0.29, 0.717) is 37.5 Å². The molecule has 9 nitrogen and oxygen atoms in total. The van der Waals surface area contributed by atoms with Crippen LogP contribution in [0, 0.1) is 11.8 Å². The van der Waals surface area contributed by atoms with E-state index in [4.69, 9.17) is 13.8 Å². The van der Waals surface area contributed by atoms with Gasteiger partial charge in [0.25, 0.3) is 20.2 Å². The molecule has 0 atom stereocenters. The predicted molar refractivity (Wildman–Crippen MR) is 165 cm³/mol. The molecule has 1 rings (SSSR count). The summed E-state index contributed by atoms with van der Waals surface area (Å²) in [5, 5.41) is 3.06. The van der Waals surface area contributed by atoms with Gasteiger partial charge in [-0.1, -0.05) is 84.0 Å². The molecule has 0 aromatic rings. The first-order valence-electron chi connectivity index (χ1n) is 16.1. The van der Waals surface area contributed by atoms with E-state index >= 15 is 0 Å². The number of amides is 1. The van der Waals surface area contributed by atoms with Crippen LogP contribution in [-0.4, -0.2) is 55.2 Å². The minimum atomic E-state index is -3.98. The van der Waals surface area contributed by atoms with Gasteiger partial charge in [-0.05, 0) is 77.0 Å². The highest BCUT2D eigenvalue weighted by molar-refractivity contribution is 7.86. The van der Waals surface area contributed by atoms with Crippen molar-refractivity contribution in [2.24, 2.45) is 11.8 Å². The van der Waals surface area contributed by atoms with E-state index in [9.17, 15) is 21.6 Å². The van der Waals surface area contributed by atoms with Gasteiger partial charge in [0.2, 0.25) is 0 Å². The van der Waals surface area contributed by atoms with E-state index in [-0.39, 0.29) is 23.6 Å². The van der Waals surface area contributed by atoms with Gasteiger partial charge in [-0.2, -0.15) is 16.8 Å².